The van der Waals surface area contributed by atoms with Crippen molar-refractivity contribution in [3.63, 3.8) is 0 Å². The summed E-state index contributed by atoms with van der Waals surface area (Å²) in [7, 11) is -2.11. The van der Waals surface area contributed by atoms with E-state index in [0.717, 1.165) is 11.3 Å². The Morgan fingerprint density at radius 3 is 2.13 bits per heavy atom. The van der Waals surface area contributed by atoms with Gasteiger partial charge in [-0.25, -0.2) is 8.42 Å². The Morgan fingerprint density at radius 2 is 1.52 bits per heavy atom. The smallest absolute Gasteiger partial charge is 0.261 e. The average Bonchev–Trinajstić information content (AvgIpc) is 2.78. The normalized spacial score (nSPS) is 11.9. The highest BCUT2D eigenvalue weighted by Gasteiger charge is 2.15. The van der Waals surface area contributed by atoms with Crippen LogP contribution in [0.1, 0.15) is 18.5 Å². The molecule has 0 saturated carbocycles. The third-order valence-corrected chi connectivity index (χ3v) is 5.92. The molecule has 7 nitrogen and oxygen atoms in total. The molecule has 1 atom stereocenters. The summed E-state index contributed by atoms with van der Waals surface area (Å²) >= 11 is 0. The first-order valence-electron chi connectivity index (χ1n) is 9.61. The van der Waals surface area contributed by atoms with Crippen LogP contribution < -0.4 is 19.5 Å². The number of hydrogen-bond acceptors (Lipinski definition) is 5. The zero-order valence-electron chi connectivity index (χ0n) is 17.2. The molecule has 162 valence electrons. The fraction of sp³-hybridized carbons (Fsp3) is 0.174. The van der Waals surface area contributed by atoms with Crippen LogP contribution in [0.5, 0.6) is 11.5 Å². The summed E-state index contributed by atoms with van der Waals surface area (Å²) in [6.07, 6.45) is 0. The van der Waals surface area contributed by atoms with E-state index in [-0.39, 0.29) is 23.5 Å². The Hall–Kier alpha value is -3.52. The zero-order valence-corrected chi connectivity index (χ0v) is 18.1. The van der Waals surface area contributed by atoms with Gasteiger partial charge in [0.2, 0.25) is 0 Å². The van der Waals surface area contributed by atoms with Crippen LogP contribution in [0.15, 0.2) is 83.8 Å². The van der Waals surface area contributed by atoms with Gasteiger partial charge in [-0.3, -0.25) is 9.52 Å². The van der Waals surface area contributed by atoms with Crippen molar-refractivity contribution < 1.29 is 22.7 Å². The minimum Gasteiger partial charge on any atom is -0.497 e. The fourth-order valence-electron chi connectivity index (χ4n) is 2.84. The predicted molar refractivity (Wildman–Crippen MR) is 119 cm³/mol. The number of para-hydroxylation sites is 1. The summed E-state index contributed by atoms with van der Waals surface area (Å²) < 4.78 is 38.0. The van der Waals surface area contributed by atoms with Gasteiger partial charge in [-0.05, 0) is 61.0 Å². The highest BCUT2D eigenvalue weighted by molar-refractivity contribution is 7.92. The molecule has 1 unspecified atom stereocenters. The lowest BCUT2D eigenvalue weighted by Gasteiger charge is -2.15. The van der Waals surface area contributed by atoms with E-state index in [2.05, 4.69) is 10.0 Å². The number of methoxy groups -OCH3 is 1. The number of carbonyl (C=O) groups excluding carboxylic acids is 1. The van der Waals surface area contributed by atoms with E-state index in [0.29, 0.717) is 11.4 Å². The zero-order chi connectivity index (χ0) is 22.3. The molecule has 3 aromatic rings. The summed E-state index contributed by atoms with van der Waals surface area (Å²) in [5.41, 5.74) is 1.42. The van der Waals surface area contributed by atoms with E-state index in [9.17, 15) is 13.2 Å². The van der Waals surface area contributed by atoms with E-state index in [4.69, 9.17) is 9.47 Å². The molecule has 3 aromatic carbocycles. The number of hydrogen-bond donors (Lipinski definition) is 2. The molecule has 0 aliphatic heterocycles. The van der Waals surface area contributed by atoms with Crippen LogP contribution in [-0.4, -0.2) is 28.0 Å². The predicted octanol–water partition coefficient (Wildman–Crippen LogP) is 3.75. The molecule has 3 rings (SSSR count). The molecule has 0 aliphatic rings. The maximum atomic E-state index is 12.5. The number of anilines is 1. The molecular weight excluding hydrogens is 416 g/mol. The third kappa shape index (κ3) is 6.23. The van der Waals surface area contributed by atoms with Crippen molar-refractivity contribution in [3.05, 3.63) is 84.4 Å². The summed E-state index contributed by atoms with van der Waals surface area (Å²) in [6, 6.07) is 21.7. The van der Waals surface area contributed by atoms with Gasteiger partial charge >= 0.3 is 0 Å². The number of carbonyl (C=O) groups is 1. The van der Waals surface area contributed by atoms with Crippen LogP contribution in [0.25, 0.3) is 0 Å². The number of ether oxygens (including phenoxy) is 2. The monoisotopic (exact) mass is 440 g/mol. The molecule has 0 aromatic heterocycles. The number of nitrogens with one attached hydrogen (secondary N) is 2. The molecule has 0 aliphatic carbocycles. The van der Waals surface area contributed by atoms with Crippen molar-refractivity contribution in [1.82, 2.24) is 5.32 Å². The largest absolute Gasteiger partial charge is 0.497 e. The van der Waals surface area contributed by atoms with Gasteiger partial charge in [0.05, 0.1) is 18.0 Å². The van der Waals surface area contributed by atoms with Gasteiger partial charge in [-0.15, -0.1) is 0 Å². The number of amides is 1. The van der Waals surface area contributed by atoms with Crippen LogP contribution in [0.3, 0.4) is 0 Å². The molecule has 1 amide bonds. The van der Waals surface area contributed by atoms with Crippen molar-refractivity contribution in [2.24, 2.45) is 0 Å². The first-order valence-corrected chi connectivity index (χ1v) is 11.1. The maximum absolute atomic E-state index is 12.5. The lowest BCUT2D eigenvalue weighted by atomic mass is 10.1. The first-order chi connectivity index (χ1) is 14.9. The van der Waals surface area contributed by atoms with Gasteiger partial charge in [-0.1, -0.05) is 30.3 Å². The number of sulfonamides is 1. The van der Waals surface area contributed by atoms with Gasteiger partial charge in [0.25, 0.3) is 15.9 Å². The highest BCUT2D eigenvalue weighted by atomic mass is 32.2. The topological polar surface area (TPSA) is 93.7 Å². The van der Waals surface area contributed by atoms with Gasteiger partial charge < -0.3 is 14.8 Å². The molecule has 0 spiro atoms. The lowest BCUT2D eigenvalue weighted by molar-refractivity contribution is -0.123. The third-order valence-electron chi connectivity index (χ3n) is 4.52. The Morgan fingerprint density at radius 1 is 0.903 bits per heavy atom. The minimum absolute atomic E-state index is 0.0984. The van der Waals surface area contributed by atoms with Gasteiger partial charge in [0.1, 0.15) is 11.5 Å². The fourth-order valence-corrected chi connectivity index (χ4v) is 3.90. The van der Waals surface area contributed by atoms with Gasteiger partial charge in [0, 0.05) is 5.69 Å². The number of rotatable bonds is 9. The summed E-state index contributed by atoms with van der Waals surface area (Å²) in [6.45, 7) is 1.69. The quantitative estimate of drug-likeness (QED) is 0.529. The molecule has 0 radical (unpaired) electrons. The van der Waals surface area contributed by atoms with Crippen molar-refractivity contribution in [2.45, 2.75) is 17.9 Å². The average molecular weight is 441 g/mol. The van der Waals surface area contributed by atoms with Crippen molar-refractivity contribution in [3.8, 4) is 11.5 Å². The second-order valence-corrected chi connectivity index (χ2v) is 8.48. The van der Waals surface area contributed by atoms with Crippen LogP contribution in [0, 0.1) is 0 Å². The number of benzene rings is 3. The molecule has 0 saturated heterocycles. The Labute approximate surface area is 182 Å². The minimum atomic E-state index is -3.71. The SMILES string of the molecule is COc1ccc(C(C)NC(=O)COc2ccc(S(=O)(=O)Nc3ccccc3)cc2)cc1. The van der Waals surface area contributed by atoms with E-state index in [1.165, 1.54) is 24.3 Å². The van der Waals surface area contributed by atoms with E-state index >= 15 is 0 Å². The van der Waals surface area contributed by atoms with Gasteiger partial charge in [-0.2, -0.15) is 0 Å². The van der Waals surface area contributed by atoms with Crippen LogP contribution in [0.4, 0.5) is 5.69 Å². The van der Waals surface area contributed by atoms with Crippen LogP contribution in [0.2, 0.25) is 0 Å². The standard InChI is InChI=1S/C23H24N2O5S/c1-17(18-8-10-20(29-2)11-9-18)24-23(26)16-30-21-12-14-22(15-13-21)31(27,28)25-19-6-4-3-5-7-19/h3-15,17,25H,16H2,1-2H3,(H,24,26). The van der Waals surface area contributed by atoms with Crippen molar-refractivity contribution in [1.29, 1.82) is 0 Å². The summed E-state index contributed by atoms with van der Waals surface area (Å²) in [5.74, 6) is 0.853. The lowest BCUT2D eigenvalue weighted by Crippen LogP contribution is -2.31. The Kier molecular flexibility index (Phi) is 7.15. The second-order valence-electron chi connectivity index (χ2n) is 6.79. The first kappa shape index (κ1) is 22.2. The summed E-state index contributed by atoms with van der Waals surface area (Å²) in [4.78, 5) is 12.3. The summed E-state index contributed by atoms with van der Waals surface area (Å²) in [5, 5.41) is 2.86. The molecule has 0 heterocycles. The maximum Gasteiger partial charge on any atom is 0.261 e. The highest BCUT2D eigenvalue weighted by Crippen LogP contribution is 2.20. The molecule has 0 fully saturated rings. The second kappa shape index (κ2) is 9.99. The molecule has 0 bridgehead atoms. The Balaban J connectivity index is 1.53. The van der Waals surface area contributed by atoms with E-state index < -0.39 is 10.0 Å². The molecule has 2 N–H and O–H groups in total. The van der Waals surface area contributed by atoms with E-state index in [1.54, 1.807) is 37.4 Å². The van der Waals surface area contributed by atoms with Gasteiger partial charge in [0.15, 0.2) is 6.61 Å². The van der Waals surface area contributed by atoms with Crippen molar-refractivity contribution >= 4 is 21.6 Å². The van der Waals surface area contributed by atoms with Crippen LogP contribution in [-0.2, 0) is 14.8 Å². The van der Waals surface area contributed by atoms with Crippen molar-refractivity contribution in [2.75, 3.05) is 18.4 Å². The molecule has 8 heteroatoms. The Bertz CT molecular complexity index is 1100. The molecular formula is C23H24N2O5S. The van der Waals surface area contributed by atoms with E-state index in [1.807, 2.05) is 31.2 Å². The van der Waals surface area contributed by atoms with Crippen LogP contribution >= 0.6 is 0 Å². The molecule has 31 heavy (non-hydrogen) atoms.